The van der Waals surface area contributed by atoms with Crippen molar-refractivity contribution in [3.63, 3.8) is 0 Å². The first kappa shape index (κ1) is 32.7. The summed E-state index contributed by atoms with van der Waals surface area (Å²) in [5.74, 6) is -0.697. The minimum atomic E-state index is -4.18. The van der Waals surface area contributed by atoms with Gasteiger partial charge >= 0.3 is 0 Å². The number of sulfonamides is 1. The van der Waals surface area contributed by atoms with E-state index in [1.54, 1.807) is 62.4 Å². The molecule has 0 spiro atoms. The van der Waals surface area contributed by atoms with Gasteiger partial charge < -0.3 is 10.2 Å². The van der Waals surface area contributed by atoms with Crippen LogP contribution in [0.1, 0.15) is 38.3 Å². The highest BCUT2D eigenvalue weighted by Gasteiger charge is 2.34. The first-order valence-corrected chi connectivity index (χ1v) is 15.8. The zero-order valence-corrected chi connectivity index (χ0v) is 26.5. The molecule has 11 heteroatoms. The van der Waals surface area contributed by atoms with Crippen LogP contribution in [0.15, 0.2) is 71.6 Å². The second kappa shape index (κ2) is 14.4. The van der Waals surface area contributed by atoms with Crippen molar-refractivity contribution in [2.45, 2.75) is 51.6 Å². The van der Waals surface area contributed by atoms with Crippen LogP contribution in [0.3, 0.4) is 0 Å². The van der Waals surface area contributed by atoms with Crippen LogP contribution in [0.4, 0.5) is 5.69 Å². The molecule has 0 aliphatic carbocycles. The van der Waals surface area contributed by atoms with E-state index in [4.69, 9.17) is 34.8 Å². The predicted octanol–water partition coefficient (Wildman–Crippen LogP) is 6.73. The molecular weight excluding hydrogens is 605 g/mol. The van der Waals surface area contributed by atoms with Gasteiger partial charge in [-0.15, -0.1) is 0 Å². The topological polar surface area (TPSA) is 86.8 Å². The third-order valence-electron chi connectivity index (χ3n) is 6.46. The number of hydrogen-bond donors (Lipinski definition) is 1. The molecule has 0 aromatic heterocycles. The van der Waals surface area contributed by atoms with Gasteiger partial charge in [0.1, 0.15) is 12.6 Å². The molecule has 3 aromatic carbocycles. The summed E-state index contributed by atoms with van der Waals surface area (Å²) in [6.07, 6.45) is 0.304. The Labute approximate surface area is 257 Å². The van der Waals surface area contributed by atoms with Crippen LogP contribution in [0.5, 0.6) is 0 Å². The molecule has 1 N–H and O–H groups in total. The minimum Gasteiger partial charge on any atom is -0.354 e. The quantitative estimate of drug-likeness (QED) is 0.238. The van der Waals surface area contributed by atoms with Crippen LogP contribution < -0.4 is 9.62 Å². The Morgan fingerprint density at radius 3 is 2.17 bits per heavy atom. The van der Waals surface area contributed by atoms with Gasteiger partial charge in [0.15, 0.2) is 0 Å². The van der Waals surface area contributed by atoms with E-state index in [0.29, 0.717) is 33.6 Å². The maximum atomic E-state index is 14.1. The van der Waals surface area contributed by atoms with Crippen molar-refractivity contribution in [1.82, 2.24) is 10.2 Å². The van der Waals surface area contributed by atoms with Crippen molar-refractivity contribution in [3.8, 4) is 0 Å². The number of anilines is 1. The summed E-state index contributed by atoms with van der Waals surface area (Å²) in [5, 5.41) is 3.91. The molecule has 41 heavy (non-hydrogen) atoms. The maximum absolute atomic E-state index is 14.1. The van der Waals surface area contributed by atoms with Gasteiger partial charge in [-0.3, -0.25) is 13.9 Å². The van der Waals surface area contributed by atoms with Crippen molar-refractivity contribution in [2.75, 3.05) is 17.4 Å². The number of carbonyl (C=O) groups is 2. The van der Waals surface area contributed by atoms with Crippen molar-refractivity contribution >= 4 is 62.3 Å². The Balaban J connectivity index is 2.07. The van der Waals surface area contributed by atoms with Crippen LogP contribution in [-0.2, 0) is 26.2 Å². The molecule has 3 aromatic rings. The predicted molar refractivity (Wildman–Crippen MR) is 166 cm³/mol. The fourth-order valence-electron chi connectivity index (χ4n) is 4.16. The highest BCUT2D eigenvalue weighted by molar-refractivity contribution is 7.92. The lowest BCUT2D eigenvalue weighted by Gasteiger charge is -2.33. The first-order chi connectivity index (χ1) is 19.3. The molecule has 0 saturated carbocycles. The Bertz CT molecular complexity index is 1480. The molecule has 0 bridgehead atoms. The van der Waals surface area contributed by atoms with Crippen molar-refractivity contribution in [1.29, 1.82) is 0 Å². The lowest BCUT2D eigenvalue weighted by atomic mass is 10.1. The number of rotatable bonds is 12. The second-order valence-corrected chi connectivity index (χ2v) is 13.2. The molecule has 0 fully saturated rings. The van der Waals surface area contributed by atoms with Crippen LogP contribution in [0, 0.1) is 12.8 Å². The highest BCUT2D eigenvalue weighted by atomic mass is 35.5. The molecule has 0 heterocycles. The SMILES string of the molecule is CCC(C(=O)NCC(C)C)N(Cc1ccc(Cl)c(Cl)c1)C(=O)CN(c1ccc(C)c(Cl)c1)S(=O)(=O)c1ccccc1. The number of nitrogens with zero attached hydrogens (tertiary/aromatic N) is 2. The lowest BCUT2D eigenvalue weighted by Crippen LogP contribution is -2.52. The van der Waals surface area contributed by atoms with Crippen LogP contribution in [0.25, 0.3) is 0 Å². The number of halogens is 3. The molecule has 0 saturated heterocycles. The Kier molecular flexibility index (Phi) is 11.5. The molecule has 2 amide bonds. The van der Waals surface area contributed by atoms with E-state index in [9.17, 15) is 18.0 Å². The van der Waals surface area contributed by atoms with Gasteiger partial charge in [0.05, 0.1) is 20.6 Å². The number of carbonyl (C=O) groups excluding carboxylic acids is 2. The monoisotopic (exact) mass is 637 g/mol. The van der Waals surface area contributed by atoms with Crippen molar-refractivity contribution in [3.05, 3.63) is 92.9 Å². The van der Waals surface area contributed by atoms with Gasteiger partial charge in [-0.25, -0.2) is 8.42 Å². The normalized spacial score (nSPS) is 12.2. The largest absolute Gasteiger partial charge is 0.354 e. The molecule has 7 nitrogen and oxygen atoms in total. The van der Waals surface area contributed by atoms with Gasteiger partial charge in [0.25, 0.3) is 10.0 Å². The Morgan fingerprint density at radius 2 is 1.59 bits per heavy atom. The number of nitrogens with one attached hydrogen (secondary N) is 1. The van der Waals surface area contributed by atoms with Crippen LogP contribution in [0.2, 0.25) is 15.1 Å². The highest BCUT2D eigenvalue weighted by Crippen LogP contribution is 2.29. The number of benzene rings is 3. The molecule has 1 unspecified atom stereocenters. The van der Waals surface area contributed by atoms with E-state index in [2.05, 4.69) is 5.32 Å². The van der Waals surface area contributed by atoms with E-state index >= 15 is 0 Å². The van der Waals surface area contributed by atoms with Gasteiger partial charge in [-0.1, -0.05) is 85.9 Å². The fourth-order valence-corrected chi connectivity index (χ4v) is 6.08. The van der Waals surface area contributed by atoms with E-state index in [-0.39, 0.29) is 29.0 Å². The zero-order chi connectivity index (χ0) is 30.3. The molecule has 3 rings (SSSR count). The molecule has 0 aliphatic rings. The number of hydrogen-bond acceptors (Lipinski definition) is 4. The first-order valence-electron chi connectivity index (χ1n) is 13.2. The van der Waals surface area contributed by atoms with Gasteiger partial charge in [0, 0.05) is 18.1 Å². The molecule has 0 radical (unpaired) electrons. The minimum absolute atomic E-state index is 0.0111. The second-order valence-electron chi connectivity index (χ2n) is 10.1. The summed E-state index contributed by atoms with van der Waals surface area (Å²) in [5.41, 5.74) is 1.62. The van der Waals surface area contributed by atoms with E-state index in [1.807, 2.05) is 13.8 Å². The summed E-state index contributed by atoms with van der Waals surface area (Å²) in [6, 6.07) is 16.7. The lowest BCUT2D eigenvalue weighted by molar-refractivity contribution is -0.140. The van der Waals surface area contributed by atoms with E-state index in [1.165, 1.54) is 23.1 Å². The smallest absolute Gasteiger partial charge is 0.264 e. The third kappa shape index (κ3) is 8.38. The zero-order valence-electron chi connectivity index (χ0n) is 23.4. The molecule has 0 aliphatic heterocycles. The fraction of sp³-hybridized carbons (Fsp3) is 0.333. The maximum Gasteiger partial charge on any atom is 0.264 e. The average Bonchev–Trinajstić information content (AvgIpc) is 2.94. The number of amides is 2. The van der Waals surface area contributed by atoms with Crippen molar-refractivity contribution < 1.29 is 18.0 Å². The molecule has 220 valence electrons. The Morgan fingerprint density at radius 1 is 0.902 bits per heavy atom. The number of aryl methyl sites for hydroxylation is 1. The van der Waals surface area contributed by atoms with Gasteiger partial charge in [0.2, 0.25) is 11.8 Å². The summed E-state index contributed by atoms with van der Waals surface area (Å²) < 4.78 is 28.8. The van der Waals surface area contributed by atoms with E-state index in [0.717, 1.165) is 9.87 Å². The standard InChI is InChI=1S/C30H34Cl3N3O4S/c1-5-28(30(38)34-17-20(2)3)35(18-22-12-14-25(31)27(33)15-22)29(37)19-36(23-13-11-21(4)26(32)16-23)41(39,40)24-9-7-6-8-10-24/h6-16,20,28H,5,17-19H2,1-4H3,(H,34,38). The summed E-state index contributed by atoms with van der Waals surface area (Å²) in [7, 11) is -4.18. The molecular formula is C30H34Cl3N3O4S. The summed E-state index contributed by atoms with van der Waals surface area (Å²) in [6.45, 7) is 7.42. The van der Waals surface area contributed by atoms with E-state index < -0.39 is 28.5 Å². The summed E-state index contributed by atoms with van der Waals surface area (Å²) in [4.78, 5) is 28.8. The Hall–Kier alpha value is -2.78. The summed E-state index contributed by atoms with van der Waals surface area (Å²) >= 11 is 18.7. The van der Waals surface area contributed by atoms with Gasteiger partial charge in [-0.05, 0) is 66.8 Å². The molecule has 1 atom stereocenters. The van der Waals surface area contributed by atoms with Gasteiger partial charge in [-0.2, -0.15) is 0 Å². The third-order valence-corrected chi connectivity index (χ3v) is 9.40. The van der Waals surface area contributed by atoms with Crippen LogP contribution in [-0.4, -0.2) is 44.3 Å². The van der Waals surface area contributed by atoms with Crippen molar-refractivity contribution in [2.24, 2.45) is 5.92 Å². The average molecular weight is 639 g/mol. The van der Waals surface area contributed by atoms with Crippen LogP contribution >= 0.6 is 34.8 Å².